The van der Waals surface area contributed by atoms with Crippen LogP contribution in [-0.4, -0.2) is 7.11 Å². The van der Waals surface area contributed by atoms with Gasteiger partial charge in [-0.2, -0.15) is 8.78 Å². The van der Waals surface area contributed by atoms with Crippen LogP contribution >= 0.6 is 12.4 Å². The molecular formula is C8H8ClF4NO2. The molecule has 16 heavy (non-hydrogen) atoms. The molecule has 2 N–H and O–H groups in total. The van der Waals surface area contributed by atoms with Crippen LogP contribution in [0.4, 0.5) is 17.6 Å². The smallest absolute Gasteiger partial charge is 0.204 e. The number of hydrogen-bond donors (Lipinski definition) is 1. The molecule has 0 saturated heterocycles. The molecule has 0 aromatic heterocycles. The lowest BCUT2D eigenvalue weighted by Gasteiger charge is -2.09. The molecule has 0 spiro atoms. The third-order valence-corrected chi connectivity index (χ3v) is 1.75. The molecule has 1 rings (SSSR count). The molecule has 0 atom stereocenters. The summed E-state index contributed by atoms with van der Waals surface area (Å²) in [7, 11) is 0.888. The molecule has 1 aromatic carbocycles. The van der Waals surface area contributed by atoms with E-state index in [1.165, 1.54) is 0 Å². The van der Waals surface area contributed by atoms with Gasteiger partial charge in [0.25, 0.3) is 0 Å². The van der Waals surface area contributed by atoms with Gasteiger partial charge in [0, 0.05) is 0 Å². The van der Waals surface area contributed by atoms with E-state index in [1.54, 1.807) is 0 Å². The van der Waals surface area contributed by atoms with Crippen LogP contribution in [-0.2, 0) is 11.4 Å². The molecule has 0 fully saturated rings. The molecule has 0 amide bonds. The van der Waals surface area contributed by atoms with Crippen molar-refractivity contribution in [2.75, 3.05) is 7.11 Å². The van der Waals surface area contributed by atoms with Gasteiger partial charge in [0.15, 0.2) is 17.4 Å². The zero-order valence-corrected chi connectivity index (χ0v) is 8.84. The van der Waals surface area contributed by atoms with E-state index in [4.69, 9.17) is 0 Å². The van der Waals surface area contributed by atoms with Crippen LogP contribution < -0.4 is 10.6 Å². The largest absolute Gasteiger partial charge is 0.491 e. The van der Waals surface area contributed by atoms with E-state index in [0.717, 1.165) is 7.11 Å². The van der Waals surface area contributed by atoms with Crippen LogP contribution in [0.25, 0.3) is 0 Å². The molecule has 0 bridgehead atoms. The molecule has 1 aromatic rings. The van der Waals surface area contributed by atoms with E-state index in [0.29, 0.717) is 0 Å². The van der Waals surface area contributed by atoms with Crippen LogP contribution in [0.3, 0.4) is 0 Å². The summed E-state index contributed by atoms with van der Waals surface area (Å²) in [5.41, 5.74) is -0.923. The summed E-state index contributed by atoms with van der Waals surface area (Å²) in [6.45, 7) is -0.782. The van der Waals surface area contributed by atoms with Gasteiger partial charge in [0.1, 0.15) is 0 Å². The number of halogens is 5. The lowest BCUT2D eigenvalue weighted by atomic mass is 10.1. The van der Waals surface area contributed by atoms with Gasteiger partial charge in [-0.25, -0.2) is 14.7 Å². The molecule has 0 saturated carbocycles. The van der Waals surface area contributed by atoms with Crippen molar-refractivity contribution in [1.82, 2.24) is 0 Å². The lowest BCUT2D eigenvalue weighted by molar-refractivity contribution is 0.117. The summed E-state index contributed by atoms with van der Waals surface area (Å²) in [4.78, 5) is 3.92. The van der Waals surface area contributed by atoms with E-state index in [1.807, 2.05) is 0 Å². The van der Waals surface area contributed by atoms with Crippen molar-refractivity contribution in [3.05, 3.63) is 28.8 Å². The lowest BCUT2D eigenvalue weighted by Crippen LogP contribution is -2.09. The third kappa shape index (κ3) is 2.37. The molecular weight excluding hydrogens is 254 g/mol. The van der Waals surface area contributed by atoms with Crippen molar-refractivity contribution in [3.63, 3.8) is 0 Å². The van der Waals surface area contributed by atoms with E-state index in [9.17, 15) is 17.6 Å². The highest BCUT2D eigenvalue weighted by Crippen LogP contribution is 2.29. The average Bonchev–Trinajstić information content (AvgIpc) is 2.23. The first-order valence-corrected chi connectivity index (χ1v) is 3.75. The van der Waals surface area contributed by atoms with E-state index in [2.05, 4.69) is 15.5 Å². The first-order chi connectivity index (χ1) is 7.04. The van der Waals surface area contributed by atoms with Crippen LogP contribution in [0, 0.1) is 23.3 Å². The van der Waals surface area contributed by atoms with E-state index >= 15 is 0 Å². The van der Waals surface area contributed by atoms with Crippen molar-refractivity contribution >= 4 is 12.4 Å². The molecule has 0 heterocycles. The zero-order valence-electron chi connectivity index (χ0n) is 8.02. The molecule has 0 aliphatic rings. The summed E-state index contributed by atoms with van der Waals surface area (Å²) >= 11 is 0. The fraction of sp³-hybridized carbons (Fsp3) is 0.250. The molecule has 0 radical (unpaired) electrons. The maximum atomic E-state index is 13.1. The summed E-state index contributed by atoms with van der Waals surface area (Å²) in [5.74, 6) is -2.98. The summed E-state index contributed by atoms with van der Waals surface area (Å²) in [6.07, 6.45) is 0. The molecule has 3 nitrogen and oxygen atoms in total. The molecule has 0 unspecified atom stereocenters. The number of hydrogen-bond acceptors (Lipinski definition) is 3. The Hall–Kier alpha value is -1.05. The standard InChI is InChI=1S/C8H7F4NO2.ClH/c1-14-8-6(11)4(9)3(2-15-13)5(10)7(8)12;/h2,13H2,1H3;1H. The highest BCUT2D eigenvalue weighted by Gasteiger charge is 2.25. The van der Waals surface area contributed by atoms with Crippen LogP contribution in [0.1, 0.15) is 5.56 Å². The predicted molar refractivity (Wildman–Crippen MR) is 49.1 cm³/mol. The van der Waals surface area contributed by atoms with Gasteiger partial charge in [0.05, 0.1) is 19.3 Å². The Morgan fingerprint density at radius 2 is 1.44 bits per heavy atom. The highest BCUT2D eigenvalue weighted by atomic mass is 35.5. The zero-order chi connectivity index (χ0) is 11.6. The van der Waals surface area contributed by atoms with Crippen molar-refractivity contribution in [1.29, 1.82) is 0 Å². The first-order valence-electron chi connectivity index (χ1n) is 3.75. The average molecular weight is 262 g/mol. The maximum Gasteiger partial charge on any atom is 0.204 e. The maximum absolute atomic E-state index is 13.1. The normalized spacial score (nSPS) is 9.88. The summed E-state index contributed by atoms with van der Waals surface area (Å²) < 4.78 is 56.4. The second-order valence-electron chi connectivity index (χ2n) is 2.58. The third-order valence-electron chi connectivity index (χ3n) is 1.75. The van der Waals surface area contributed by atoms with Gasteiger partial charge in [-0.1, -0.05) is 0 Å². The van der Waals surface area contributed by atoms with Crippen LogP contribution in [0.2, 0.25) is 0 Å². The highest BCUT2D eigenvalue weighted by molar-refractivity contribution is 5.85. The van der Waals surface area contributed by atoms with Crippen LogP contribution in [0.5, 0.6) is 5.75 Å². The van der Waals surface area contributed by atoms with E-state index < -0.39 is 41.2 Å². The van der Waals surface area contributed by atoms with Gasteiger partial charge in [-0.15, -0.1) is 12.4 Å². The molecule has 0 aliphatic heterocycles. The first kappa shape index (κ1) is 14.9. The quantitative estimate of drug-likeness (QED) is 0.515. The van der Waals surface area contributed by atoms with Crippen molar-refractivity contribution in [2.24, 2.45) is 5.90 Å². The number of nitrogens with two attached hydrogens (primary N) is 1. The van der Waals surface area contributed by atoms with Crippen LogP contribution in [0.15, 0.2) is 0 Å². The fourth-order valence-electron chi connectivity index (χ4n) is 1.05. The Morgan fingerprint density at radius 1 is 1.00 bits per heavy atom. The van der Waals surface area contributed by atoms with Gasteiger partial charge in [0.2, 0.25) is 11.6 Å². The molecule has 0 aliphatic carbocycles. The Kier molecular flexibility index (Phi) is 5.49. The molecule has 8 heteroatoms. The molecule has 92 valence electrons. The predicted octanol–water partition coefficient (Wildman–Crippen LogP) is 2.06. The van der Waals surface area contributed by atoms with E-state index in [-0.39, 0.29) is 12.4 Å². The fourth-order valence-corrected chi connectivity index (χ4v) is 1.05. The summed E-state index contributed by atoms with van der Waals surface area (Å²) in [6, 6.07) is 0. The minimum Gasteiger partial charge on any atom is -0.491 e. The van der Waals surface area contributed by atoms with Gasteiger partial charge >= 0.3 is 0 Å². The van der Waals surface area contributed by atoms with Crippen molar-refractivity contribution < 1.29 is 27.1 Å². The second kappa shape index (κ2) is 5.88. The Balaban J connectivity index is 0.00000225. The number of methoxy groups -OCH3 is 1. The Bertz CT molecular complexity index is 360. The SMILES string of the molecule is COc1c(F)c(F)c(CON)c(F)c1F.Cl. The Labute approximate surface area is 94.5 Å². The van der Waals surface area contributed by atoms with Gasteiger partial charge in [-0.05, 0) is 0 Å². The monoisotopic (exact) mass is 261 g/mol. The number of benzene rings is 1. The topological polar surface area (TPSA) is 44.5 Å². The minimum absolute atomic E-state index is 0. The van der Waals surface area contributed by atoms with Crippen molar-refractivity contribution in [3.8, 4) is 5.75 Å². The number of rotatable bonds is 3. The van der Waals surface area contributed by atoms with Crippen molar-refractivity contribution in [2.45, 2.75) is 6.61 Å². The van der Waals surface area contributed by atoms with Gasteiger partial charge < -0.3 is 4.74 Å². The minimum atomic E-state index is -1.62. The summed E-state index contributed by atoms with van der Waals surface area (Å²) in [5, 5.41) is 0. The Morgan fingerprint density at radius 3 is 1.75 bits per heavy atom. The number of ether oxygens (including phenoxy) is 1. The van der Waals surface area contributed by atoms with Gasteiger partial charge in [-0.3, -0.25) is 4.84 Å². The second-order valence-corrected chi connectivity index (χ2v) is 2.58.